The van der Waals surface area contributed by atoms with Gasteiger partial charge in [-0.15, -0.1) is 0 Å². The summed E-state index contributed by atoms with van der Waals surface area (Å²) in [5.41, 5.74) is 2.84. The minimum absolute atomic E-state index is 0.428. The summed E-state index contributed by atoms with van der Waals surface area (Å²) >= 11 is 0. The second-order valence-electron chi connectivity index (χ2n) is 4.41. The Balaban J connectivity index is 2.14. The van der Waals surface area contributed by atoms with Crippen molar-refractivity contribution in [2.75, 3.05) is 17.2 Å². The van der Waals surface area contributed by atoms with E-state index in [-0.39, 0.29) is 0 Å². The van der Waals surface area contributed by atoms with Gasteiger partial charge in [-0.25, -0.2) is 4.98 Å². The summed E-state index contributed by atoms with van der Waals surface area (Å²) in [6, 6.07) is 11.8. The predicted molar refractivity (Wildman–Crippen MR) is 80.0 cm³/mol. The molecule has 0 aliphatic rings. The maximum absolute atomic E-state index is 8.65. The smallest absolute Gasteiger partial charge is 0.224 e. The molecule has 0 aliphatic heterocycles. The van der Waals surface area contributed by atoms with Gasteiger partial charge in [-0.05, 0) is 31.5 Å². The maximum atomic E-state index is 8.65. The molecule has 0 saturated carbocycles. The van der Waals surface area contributed by atoms with Crippen molar-refractivity contribution in [1.29, 1.82) is 5.26 Å². The zero-order valence-corrected chi connectivity index (χ0v) is 11.6. The lowest BCUT2D eigenvalue weighted by Crippen LogP contribution is -2.05. The molecule has 2 rings (SSSR count). The number of aromatic nitrogens is 2. The largest absolute Gasteiger partial charge is 0.354 e. The molecule has 2 aromatic rings. The van der Waals surface area contributed by atoms with Crippen molar-refractivity contribution in [3.63, 3.8) is 0 Å². The van der Waals surface area contributed by atoms with Gasteiger partial charge in [0.05, 0.1) is 12.5 Å². The van der Waals surface area contributed by atoms with Gasteiger partial charge >= 0.3 is 0 Å². The molecule has 0 fully saturated rings. The minimum atomic E-state index is 0.428. The average molecular weight is 267 g/mol. The average Bonchev–Trinajstić information content (AvgIpc) is 2.41. The first kappa shape index (κ1) is 13.8. The Kier molecular flexibility index (Phi) is 4.51. The van der Waals surface area contributed by atoms with E-state index in [1.165, 1.54) is 0 Å². The van der Waals surface area contributed by atoms with Crippen LogP contribution < -0.4 is 10.6 Å². The highest BCUT2D eigenvalue weighted by Crippen LogP contribution is 2.17. The van der Waals surface area contributed by atoms with Crippen LogP contribution in [0.25, 0.3) is 0 Å². The van der Waals surface area contributed by atoms with Crippen LogP contribution >= 0.6 is 0 Å². The van der Waals surface area contributed by atoms with Gasteiger partial charge < -0.3 is 10.6 Å². The molecule has 0 saturated heterocycles. The van der Waals surface area contributed by atoms with Crippen LogP contribution in [0.2, 0.25) is 0 Å². The van der Waals surface area contributed by atoms with Crippen molar-refractivity contribution < 1.29 is 0 Å². The summed E-state index contributed by atoms with van der Waals surface area (Å²) in [6.07, 6.45) is 0.428. The molecule has 0 amide bonds. The summed E-state index contributed by atoms with van der Waals surface area (Å²) in [6.45, 7) is 4.72. The van der Waals surface area contributed by atoms with Gasteiger partial charge in [0.15, 0.2) is 0 Å². The van der Waals surface area contributed by atoms with Crippen molar-refractivity contribution in [2.24, 2.45) is 0 Å². The van der Waals surface area contributed by atoms with Gasteiger partial charge in [0.1, 0.15) is 5.82 Å². The summed E-state index contributed by atoms with van der Waals surface area (Å²) < 4.78 is 0. The molecule has 5 heteroatoms. The van der Waals surface area contributed by atoms with Crippen LogP contribution in [0.5, 0.6) is 0 Å². The Hall–Kier alpha value is -2.61. The number of nitriles is 1. The molecule has 0 bridgehead atoms. The Labute approximate surface area is 118 Å². The number of benzene rings is 1. The molecule has 0 radical (unpaired) electrons. The van der Waals surface area contributed by atoms with Gasteiger partial charge in [0.2, 0.25) is 5.95 Å². The number of anilines is 3. The van der Waals surface area contributed by atoms with Crippen molar-refractivity contribution in [1.82, 2.24) is 9.97 Å². The van der Waals surface area contributed by atoms with E-state index in [9.17, 15) is 0 Å². The van der Waals surface area contributed by atoms with E-state index in [1.807, 2.05) is 44.2 Å². The molecule has 0 unspecified atom stereocenters. The predicted octanol–water partition coefficient (Wildman–Crippen LogP) is 3.03. The minimum Gasteiger partial charge on any atom is -0.354 e. The van der Waals surface area contributed by atoms with Crippen LogP contribution in [-0.2, 0) is 6.42 Å². The highest BCUT2D eigenvalue weighted by Gasteiger charge is 2.02. The maximum Gasteiger partial charge on any atom is 0.224 e. The van der Waals surface area contributed by atoms with Gasteiger partial charge in [-0.3, -0.25) is 0 Å². The molecule has 1 heterocycles. The fourth-order valence-corrected chi connectivity index (χ4v) is 1.81. The van der Waals surface area contributed by atoms with Crippen LogP contribution in [-0.4, -0.2) is 16.5 Å². The SMILES string of the molecule is CCNc1nc(C)cc(Nc2ccc(CC#N)cc2)n1. The summed E-state index contributed by atoms with van der Waals surface area (Å²) in [4.78, 5) is 8.70. The molecule has 1 aromatic carbocycles. The molecular weight excluding hydrogens is 250 g/mol. The summed E-state index contributed by atoms with van der Waals surface area (Å²) in [7, 11) is 0. The topological polar surface area (TPSA) is 73.6 Å². The number of aryl methyl sites for hydroxylation is 1. The highest BCUT2D eigenvalue weighted by molar-refractivity contribution is 5.58. The molecule has 102 valence electrons. The normalized spacial score (nSPS) is 9.85. The van der Waals surface area contributed by atoms with E-state index in [2.05, 4.69) is 26.7 Å². The first-order chi connectivity index (χ1) is 9.71. The van der Waals surface area contributed by atoms with E-state index in [1.54, 1.807) is 0 Å². The van der Waals surface area contributed by atoms with E-state index in [4.69, 9.17) is 5.26 Å². The number of nitrogens with zero attached hydrogens (tertiary/aromatic N) is 3. The molecule has 1 aromatic heterocycles. The van der Waals surface area contributed by atoms with Crippen LogP contribution in [0.4, 0.5) is 17.5 Å². The van der Waals surface area contributed by atoms with Gasteiger partial charge in [0.25, 0.3) is 0 Å². The molecule has 20 heavy (non-hydrogen) atoms. The molecule has 0 aliphatic carbocycles. The number of nitrogens with one attached hydrogen (secondary N) is 2. The van der Waals surface area contributed by atoms with Crippen LogP contribution in [0, 0.1) is 18.3 Å². The Morgan fingerprint density at radius 3 is 2.60 bits per heavy atom. The number of hydrogen-bond acceptors (Lipinski definition) is 5. The highest BCUT2D eigenvalue weighted by atomic mass is 15.1. The molecule has 2 N–H and O–H groups in total. The van der Waals surface area contributed by atoms with E-state index < -0.39 is 0 Å². The van der Waals surface area contributed by atoms with E-state index >= 15 is 0 Å². The van der Waals surface area contributed by atoms with Gasteiger partial charge in [0, 0.05) is 24.0 Å². The fraction of sp³-hybridized carbons (Fsp3) is 0.267. The van der Waals surface area contributed by atoms with Crippen LogP contribution in [0.3, 0.4) is 0 Å². The fourth-order valence-electron chi connectivity index (χ4n) is 1.81. The molecule has 0 spiro atoms. The lowest BCUT2D eigenvalue weighted by atomic mass is 10.1. The molecule has 0 atom stereocenters. The Bertz CT molecular complexity index is 613. The van der Waals surface area contributed by atoms with Crippen molar-refractivity contribution >= 4 is 17.5 Å². The second-order valence-corrected chi connectivity index (χ2v) is 4.41. The first-order valence-corrected chi connectivity index (χ1v) is 6.53. The van der Waals surface area contributed by atoms with Crippen LogP contribution in [0.1, 0.15) is 18.2 Å². The third-order valence-electron chi connectivity index (χ3n) is 2.70. The van der Waals surface area contributed by atoms with Crippen molar-refractivity contribution in [3.05, 3.63) is 41.6 Å². The zero-order valence-electron chi connectivity index (χ0n) is 11.6. The third-order valence-corrected chi connectivity index (χ3v) is 2.70. The lowest BCUT2D eigenvalue weighted by molar-refractivity contribution is 1.05. The summed E-state index contributed by atoms with van der Waals surface area (Å²) in [5, 5.41) is 15.0. The van der Waals surface area contributed by atoms with Crippen molar-refractivity contribution in [2.45, 2.75) is 20.3 Å². The van der Waals surface area contributed by atoms with E-state index in [0.29, 0.717) is 12.4 Å². The van der Waals surface area contributed by atoms with Crippen molar-refractivity contribution in [3.8, 4) is 6.07 Å². The second kappa shape index (κ2) is 6.53. The Morgan fingerprint density at radius 1 is 1.20 bits per heavy atom. The standard InChI is InChI=1S/C15H17N5/c1-3-17-15-18-11(2)10-14(20-15)19-13-6-4-12(5-7-13)8-9-16/h4-7,10H,3,8H2,1-2H3,(H2,17,18,19,20). The molecule has 5 nitrogen and oxygen atoms in total. The number of rotatable bonds is 5. The lowest BCUT2D eigenvalue weighted by Gasteiger charge is -2.09. The summed E-state index contributed by atoms with van der Waals surface area (Å²) in [5.74, 6) is 1.37. The van der Waals surface area contributed by atoms with E-state index in [0.717, 1.165) is 29.3 Å². The Morgan fingerprint density at radius 2 is 1.95 bits per heavy atom. The third kappa shape index (κ3) is 3.69. The zero-order chi connectivity index (χ0) is 14.4. The first-order valence-electron chi connectivity index (χ1n) is 6.53. The monoisotopic (exact) mass is 267 g/mol. The van der Waals surface area contributed by atoms with Gasteiger partial charge in [-0.1, -0.05) is 12.1 Å². The quantitative estimate of drug-likeness (QED) is 0.871. The van der Waals surface area contributed by atoms with Crippen LogP contribution in [0.15, 0.2) is 30.3 Å². The number of hydrogen-bond donors (Lipinski definition) is 2. The van der Waals surface area contributed by atoms with Gasteiger partial charge in [-0.2, -0.15) is 10.2 Å². The molecular formula is C15H17N5.